The van der Waals surface area contributed by atoms with E-state index < -0.39 is 10.0 Å². The molecule has 1 aromatic heterocycles. The molecule has 1 N–H and O–H groups in total. The van der Waals surface area contributed by atoms with Crippen LogP contribution >= 0.6 is 0 Å². The lowest BCUT2D eigenvalue weighted by molar-refractivity contribution is 0.141. The fourth-order valence-corrected chi connectivity index (χ4v) is 4.99. The van der Waals surface area contributed by atoms with Crippen molar-refractivity contribution in [2.75, 3.05) is 26.2 Å². The summed E-state index contributed by atoms with van der Waals surface area (Å²) in [4.78, 5) is 22.3. The standard InChI is InChI=1S/C20H22N4O3S/c1-15(19-21-18-10-6-5-9-17(18)20(25)22-19)23-11-13-24(14-12-23)28(26,27)16-7-3-2-4-8-16/h2-10,15H,11-14H2,1H3,(H,21,22,25). The van der Waals surface area contributed by atoms with E-state index in [2.05, 4.69) is 14.9 Å². The number of benzene rings is 2. The third-order valence-electron chi connectivity index (χ3n) is 5.23. The lowest BCUT2D eigenvalue weighted by Gasteiger charge is -2.36. The van der Waals surface area contributed by atoms with Gasteiger partial charge in [0.05, 0.1) is 21.8 Å². The second kappa shape index (κ2) is 7.46. The fraction of sp³-hybridized carbons (Fsp3) is 0.300. The average molecular weight is 398 g/mol. The highest BCUT2D eigenvalue weighted by Crippen LogP contribution is 2.22. The zero-order chi connectivity index (χ0) is 19.7. The van der Waals surface area contributed by atoms with E-state index in [0.717, 1.165) is 0 Å². The number of H-pyrrole nitrogens is 1. The Kier molecular flexibility index (Phi) is 5.01. The number of para-hydroxylation sites is 1. The molecule has 0 bridgehead atoms. The molecule has 0 radical (unpaired) electrons. The van der Waals surface area contributed by atoms with Gasteiger partial charge in [0.25, 0.3) is 5.56 Å². The van der Waals surface area contributed by atoms with Crippen molar-refractivity contribution < 1.29 is 8.42 Å². The van der Waals surface area contributed by atoms with Crippen LogP contribution in [0.25, 0.3) is 10.9 Å². The number of fused-ring (bicyclic) bond motifs is 1. The molecule has 0 saturated carbocycles. The summed E-state index contributed by atoms with van der Waals surface area (Å²) in [5.41, 5.74) is 0.510. The number of nitrogens with zero attached hydrogens (tertiary/aromatic N) is 3. The first-order valence-electron chi connectivity index (χ1n) is 9.25. The Balaban J connectivity index is 1.50. The zero-order valence-electron chi connectivity index (χ0n) is 15.6. The summed E-state index contributed by atoms with van der Waals surface area (Å²) in [6, 6.07) is 15.6. The minimum atomic E-state index is -3.48. The van der Waals surface area contributed by atoms with Crippen LogP contribution in [0.5, 0.6) is 0 Å². The molecule has 28 heavy (non-hydrogen) atoms. The van der Waals surface area contributed by atoms with Gasteiger partial charge in [-0.3, -0.25) is 9.69 Å². The molecule has 1 atom stereocenters. The molecule has 146 valence electrons. The molecule has 2 aromatic carbocycles. The summed E-state index contributed by atoms with van der Waals surface area (Å²) in [7, 11) is -3.48. The monoisotopic (exact) mass is 398 g/mol. The number of hydrogen-bond donors (Lipinski definition) is 1. The van der Waals surface area contributed by atoms with E-state index >= 15 is 0 Å². The predicted octanol–water partition coefficient (Wildman–Crippen LogP) is 1.99. The number of aromatic nitrogens is 2. The molecule has 8 heteroatoms. The van der Waals surface area contributed by atoms with Gasteiger partial charge in [-0.1, -0.05) is 30.3 Å². The van der Waals surface area contributed by atoms with Crippen LogP contribution < -0.4 is 5.56 Å². The Morgan fingerprint density at radius 1 is 0.964 bits per heavy atom. The molecule has 4 rings (SSSR count). The zero-order valence-corrected chi connectivity index (χ0v) is 16.4. The van der Waals surface area contributed by atoms with E-state index in [1.807, 2.05) is 25.1 Å². The summed E-state index contributed by atoms with van der Waals surface area (Å²) in [5, 5.41) is 0.567. The normalized spacial score (nSPS) is 17.6. The van der Waals surface area contributed by atoms with Crippen LogP contribution in [0.3, 0.4) is 0 Å². The SMILES string of the molecule is CC(c1nc2ccccc2c(=O)[nH]1)N1CCN(S(=O)(=O)c2ccccc2)CC1. The molecule has 1 unspecified atom stereocenters. The van der Waals surface area contributed by atoms with E-state index in [0.29, 0.717) is 47.8 Å². The summed E-state index contributed by atoms with van der Waals surface area (Å²) >= 11 is 0. The first kappa shape index (κ1) is 18.8. The molecule has 1 saturated heterocycles. The minimum absolute atomic E-state index is 0.112. The van der Waals surface area contributed by atoms with Gasteiger partial charge in [-0.15, -0.1) is 0 Å². The predicted molar refractivity (Wildman–Crippen MR) is 108 cm³/mol. The van der Waals surface area contributed by atoms with Crippen LogP contribution in [-0.4, -0.2) is 53.8 Å². The molecule has 0 amide bonds. The fourth-order valence-electron chi connectivity index (χ4n) is 3.55. The molecule has 1 aliphatic heterocycles. The summed E-state index contributed by atoms with van der Waals surface area (Å²) in [5.74, 6) is 0.600. The van der Waals surface area contributed by atoms with Gasteiger partial charge >= 0.3 is 0 Å². The van der Waals surface area contributed by atoms with Crippen LogP contribution in [0.15, 0.2) is 64.3 Å². The van der Waals surface area contributed by atoms with Crippen LogP contribution in [-0.2, 0) is 10.0 Å². The largest absolute Gasteiger partial charge is 0.309 e. The number of sulfonamides is 1. The van der Waals surface area contributed by atoms with Crippen molar-refractivity contribution in [2.24, 2.45) is 0 Å². The summed E-state index contributed by atoms with van der Waals surface area (Å²) in [6.07, 6.45) is 0. The van der Waals surface area contributed by atoms with E-state index in [1.54, 1.807) is 36.4 Å². The van der Waals surface area contributed by atoms with Crippen molar-refractivity contribution in [3.8, 4) is 0 Å². The lowest BCUT2D eigenvalue weighted by Crippen LogP contribution is -2.49. The molecule has 0 aliphatic carbocycles. The Morgan fingerprint density at radius 3 is 2.32 bits per heavy atom. The highest BCUT2D eigenvalue weighted by Gasteiger charge is 2.30. The van der Waals surface area contributed by atoms with Gasteiger partial charge in [-0.25, -0.2) is 13.4 Å². The third kappa shape index (κ3) is 3.46. The van der Waals surface area contributed by atoms with E-state index in [-0.39, 0.29) is 11.6 Å². The molecule has 1 fully saturated rings. The van der Waals surface area contributed by atoms with Crippen LogP contribution in [0.4, 0.5) is 0 Å². The second-order valence-electron chi connectivity index (χ2n) is 6.90. The van der Waals surface area contributed by atoms with Crippen molar-refractivity contribution in [3.05, 3.63) is 70.8 Å². The lowest BCUT2D eigenvalue weighted by atomic mass is 10.2. The highest BCUT2D eigenvalue weighted by atomic mass is 32.2. The van der Waals surface area contributed by atoms with Gasteiger partial charge in [0.1, 0.15) is 5.82 Å². The van der Waals surface area contributed by atoms with Gasteiger partial charge in [0.15, 0.2) is 0 Å². The number of piperazine rings is 1. The van der Waals surface area contributed by atoms with Crippen molar-refractivity contribution in [3.63, 3.8) is 0 Å². The maximum absolute atomic E-state index is 12.8. The topological polar surface area (TPSA) is 86.4 Å². The van der Waals surface area contributed by atoms with Crippen LogP contribution in [0.2, 0.25) is 0 Å². The Bertz CT molecular complexity index is 1140. The van der Waals surface area contributed by atoms with Crippen LogP contribution in [0, 0.1) is 0 Å². The average Bonchev–Trinajstić information content (AvgIpc) is 2.74. The summed E-state index contributed by atoms with van der Waals surface area (Å²) < 4.78 is 27.1. The van der Waals surface area contributed by atoms with E-state index in [4.69, 9.17) is 0 Å². The maximum atomic E-state index is 12.8. The summed E-state index contributed by atoms with van der Waals surface area (Å²) in [6.45, 7) is 3.93. The van der Waals surface area contributed by atoms with Crippen LogP contribution in [0.1, 0.15) is 18.8 Å². The van der Waals surface area contributed by atoms with Gasteiger partial charge in [0, 0.05) is 26.2 Å². The smallest absolute Gasteiger partial charge is 0.258 e. The number of nitrogens with one attached hydrogen (secondary N) is 1. The van der Waals surface area contributed by atoms with Gasteiger partial charge < -0.3 is 4.98 Å². The quantitative estimate of drug-likeness (QED) is 0.726. The van der Waals surface area contributed by atoms with E-state index in [9.17, 15) is 13.2 Å². The van der Waals surface area contributed by atoms with Crippen molar-refractivity contribution >= 4 is 20.9 Å². The second-order valence-corrected chi connectivity index (χ2v) is 8.84. The molecule has 0 spiro atoms. The molecule has 3 aromatic rings. The first-order valence-corrected chi connectivity index (χ1v) is 10.7. The number of rotatable bonds is 4. The Labute approximate surface area is 163 Å². The molecule has 1 aliphatic rings. The Hall–Kier alpha value is -2.55. The highest BCUT2D eigenvalue weighted by molar-refractivity contribution is 7.89. The Morgan fingerprint density at radius 2 is 1.61 bits per heavy atom. The first-order chi connectivity index (χ1) is 13.5. The maximum Gasteiger partial charge on any atom is 0.258 e. The van der Waals surface area contributed by atoms with Gasteiger partial charge in [0.2, 0.25) is 10.0 Å². The molecular formula is C20H22N4O3S. The van der Waals surface area contributed by atoms with Crippen molar-refractivity contribution in [1.29, 1.82) is 0 Å². The molecule has 7 nitrogen and oxygen atoms in total. The minimum Gasteiger partial charge on any atom is -0.309 e. The van der Waals surface area contributed by atoms with Gasteiger partial charge in [-0.05, 0) is 31.2 Å². The number of hydrogen-bond acceptors (Lipinski definition) is 5. The van der Waals surface area contributed by atoms with Crippen molar-refractivity contribution in [2.45, 2.75) is 17.9 Å². The van der Waals surface area contributed by atoms with Crippen molar-refractivity contribution in [1.82, 2.24) is 19.2 Å². The van der Waals surface area contributed by atoms with Gasteiger partial charge in [-0.2, -0.15) is 4.31 Å². The van der Waals surface area contributed by atoms with E-state index in [1.165, 1.54) is 4.31 Å². The number of aromatic amines is 1. The molecular weight excluding hydrogens is 376 g/mol. The molecule has 2 heterocycles. The third-order valence-corrected chi connectivity index (χ3v) is 7.14.